The zero-order valence-electron chi connectivity index (χ0n) is 15.6. The van der Waals surface area contributed by atoms with E-state index in [0.29, 0.717) is 5.56 Å². The highest BCUT2D eigenvalue weighted by molar-refractivity contribution is 5.82. The highest BCUT2D eigenvalue weighted by Crippen LogP contribution is 2.41. The van der Waals surface area contributed by atoms with Crippen LogP contribution in [0.1, 0.15) is 37.4 Å². The first-order valence-electron chi connectivity index (χ1n) is 8.59. The van der Waals surface area contributed by atoms with E-state index >= 15 is 0 Å². The molecule has 0 bridgehead atoms. The third-order valence-corrected chi connectivity index (χ3v) is 4.91. The van der Waals surface area contributed by atoms with Crippen molar-refractivity contribution in [2.75, 3.05) is 0 Å². The molecule has 3 aromatic rings. The van der Waals surface area contributed by atoms with Crippen molar-refractivity contribution in [1.82, 2.24) is 9.55 Å². The first-order chi connectivity index (χ1) is 12.9. The van der Waals surface area contributed by atoms with Crippen molar-refractivity contribution < 1.29 is 4.74 Å². The number of fused-ring (bicyclic) bond motifs is 2. The van der Waals surface area contributed by atoms with E-state index in [0.717, 1.165) is 39.2 Å². The molecule has 4 rings (SSSR count). The Morgan fingerprint density at radius 1 is 1.22 bits per heavy atom. The number of nitriles is 1. The largest absolute Gasteiger partial charge is 0.487 e. The highest BCUT2D eigenvalue weighted by Gasteiger charge is 2.35. The van der Waals surface area contributed by atoms with E-state index in [4.69, 9.17) is 4.74 Å². The molecular weight excluding hydrogens is 334 g/mol. The second kappa shape index (κ2) is 6.67. The number of benzene rings is 1. The minimum Gasteiger partial charge on any atom is -0.487 e. The fourth-order valence-corrected chi connectivity index (χ4v) is 3.79. The molecule has 0 saturated heterocycles. The van der Waals surface area contributed by atoms with Crippen molar-refractivity contribution in [3.05, 3.63) is 58.5 Å². The van der Waals surface area contributed by atoms with Gasteiger partial charge >= 0.3 is 0 Å². The van der Waals surface area contributed by atoms with Crippen LogP contribution in [0.15, 0.2) is 36.7 Å². The topological polar surface area (TPSA) is 50.8 Å². The number of hydrogen-bond donors (Lipinski definition) is 0. The van der Waals surface area contributed by atoms with Gasteiger partial charge in [0.05, 0.1) is 17.7 Å². The summed E-state index contributed by atoms with van der Waals surface area (Å²) in [5.74, 6) is 0.815. The highest BCUT2D eigenvalue weighted by atomic mass is 16.5. The van der Waals surface area contributed by atoms with Crippen LogP contribution in [0, 0.1) is 24.2 Å². The summed E-state index contributed by atoms with van der Waals surface area (Å²) in [4.78, 5) is 4.22. The number of aromatic nitrogens is 2. The number of pyridine rings is 1. The average molecular weight is 355 g/mol. The molecule has 1 aliphatic rings. The molecule has 134 valence electrons. The van der Waals surface area contributed by atoms with Gasteiger partial charge in [0.15, 0.2) is 0 Å². The van der Waals surface area contributed by atoms with Gasteiger partial charge in [-0.3, -0.25) is 4.98 Å². The normalized spacial score (nSPS) is 17.1. The Balaban J connectivity index is 0.00000102. The third kappa shape index (κ3) is 2.96. The summed E-state index contributed by atoms with van der Waals surface area (Å²) >= 11 is 0. The lowest BCUT2D eigenvalue weighted by Crippen LogP contribution is -2.41. The van der Waals surface area contributed by atoms with E-state index in [1.165, 1.54) is 0 Å². The van der Waals surface area contributed by atoms with Crippen molar-refractivity contribution >= 4 is 23.9 Å². The van der Waals surface area contributed by atoms with Gasteiger partial charge in [-0.2, -0.15) is 5.26 Å². The van der Waals surface area contributed by atoms with E-state index < -0.39 is 0 Å². The fraction of sp³-hybridized carbons (Fsp3) is 0.217. The van der Waals surface area contributed by atoms with Gasteiger partial charge in [-0.15, -0.1) is 12.8 Å². The van der Waals surface area contributed by atoms with E-state index in [1.807, 2.05) is 24.4 Å². The minimum absolute atomic E-state index is 0.0134. The molecule has 27 heavy (non-hydrogen) atoms. The Morgan fingerprint density at radius 3 is 2.59 bits per heavy atom. The summed E-state index contributed by atoms with van der Waals surface area (Å²) in [6, 6.07) is 9.80. The van der Waals surface area contributed by atoms with E-state index in [9.17, 15) is 5.26 Å². The summed E-state index contributed by atoms with van der Waals surface area (Å²) in [6.45, 7) is 12.7. The van der Waals surface area contributed by atoms with Gasteiger partial charge in [-0.05, 0) is 38.1 Å². The number of terminal acetylenes is 1. The summed E-state index contributed by atoms with van der Waals surface area (Å²) in [7, 11) is 0. The Kier molecular flexibility index (Phi) is 4.52. The molecule has 0 saturated carbocycles. The van der Waals surface area contributed by atoms with Crippen LogP contribution in [-0.4, -0.2) is 15.2 Å². The quantitative estimate of drug-likeness (QED) is 0.630. The van der Waals surface area contributed by atoms with Crippen LogP contribution in [0.3, 0.4) is 0 Å². The third-order valence-electron chi connectivity index (χ3n) is 4.91. The first-order valence-corrected chi connectivity index (χ1v) is 8.59. The maximum Gasteiger partial charge on any atom is 0.125 e. The summed E-state index contributed by atoms with van der Waals surface area (Å²) in [6.07, 6.45) is 12.4. The van der Waals surface area contributed by atoms with Crippen molar-refractivity contribution in [1.29, 1.82) is 5.26 Å². The maximum atomic E-state index is 9.29. The Bertz CT molecular complexity index is 1130. The molecule has 1 aromatic carbocycles. The first kappa shape index (κ1) is 18.3. The second-order valence-corrected chi connectivity index (χ2v) is 7.13. The van der Waals surface area contributed by atoms with Crippen molar-refractivity contribution in [2.45, 2.75) is 31.9 Å². The van der Waals surface area contributed by atoms with Gasteiger partial charge in [0.2, 0.25) is 0 Å². The lowest BCUT2D eigenvalue weighted by Gasteiger charge is -2.38. The summed E-state index contributed by atoms with van der Waals surface area (Å²) in [5, 5.41) is 13.2. The molecule has 0 spiro atoms. The lowest BCUT2D eigenvalue weighted by atomic mass is 9.88. The van der Waals surface area contributed by atoms with Gasteiger partial charge < -0.3 is 9.30 Å². The molecule has 1 aliphatic heterocycles. The molecule has 4 nitrogen and oxygen atoms in total. The van der Waals surface area contributed by atoms with Crippen LogP contribution < -0.4 is 15.4 Å². The SMILES string of the molecule is C#C.C=c1c2ccncc2c(=C)n1C1CC(C)(C)Oc2ccc(C#N)cc21. The Labute approximate surface area is 159 Å². The second-order valence-electron chi connectivity index (χ2n) is 7.13. The van der Waals surface area contributed by atoms with Crippen LogP contribution in [0.2, 0.25) is 0 Å². The Hall–Kier alpha value is -3.50. The molecule has 3 heterocycles. The van der Waals surface area contributed by atoms with Gasteiger partial charge in [-0.25, -0.2) is 0 Å². The lowest BCUT2D eigenvalue weighted by molar-refractivity contribution is 0.0663. The van der Waals surface area contributed by atoms with Crippen LogP contribution in [-0.2, 0) is 0 Å². The number of nitrogens with zero attached hydrogens (tertiary/aromatic N) is 3. The molecule has 0 amide bonds. The van der Waals surface area contributed by atoms with Gasteiger partial charge in [-0.1, -0.05) is 13.2 Å². The minimum atomic E-state index is -0.320. The van der Waals surface area contributed by atoms with Crippen LogP contribution >= 0.6 is 0 Å². The van der Waals surface area contributed by atoms with Gasteiger partial charge in [0.1, 0.15) is 11.4 Å². The van der Waals surface area contributed by atoms with Gasteiger partial charge in [0.25, 0.3) is 0 Å². The van der Waals surface area contributed by atoms with E-state index in [2.05, 4.69) is 55.5 Å². The van der Waals surface area contributed by atoms with Crippen molar-refractivity contribution in [3.63, 3.8) is 0 Å². The summed E-state index contributed by atoms with van der Waals surface area (Å²) in [5.41, 5.74) is 1.31. The molecule has 2 aromatic heterocycles. The Morgan fingerprint density at radius 2 is 1.93 bits per heavy atom. The van der Waals surface area contributed by atoms with Crippen molar-refractivity contribution in [2.24, 2.45) is 0 Å². The predicted molar refractivity (Wildman–Crippen MR) is 109 cm³/mol. The number of ether oxygens (including phenoxy) is 1. The van der Waals surface area contributed by atoms with Crippen LogP contribution in [0.5, 0.6) is 5.75 Å². The molecule has 0 N–H and O–H groups in total. The standard InChI is InChI=1S/C21H19N3O.C2H2/c1-13-16-7-8-23-12-18(16)14(2)24(13)19-10-21(3,4)25-20-6-5-15(11-22)9-17(19)20;1-2/h5-9,12,19H,1-2,10H2,3-4H3;1-2H. The molecule has 0 radical (unpaired) electrons. The molecule has 4 heteroatoms. The average Bonchev–Trinajstić information content (AvgIpc) is 2.93. The zero-order valence-corrected chi connectivity index (χ0v) is 15.6. The van der Waals surface area contributed by atoms with E-state index in [1.54, 1.807) is 12.3 Å². The monoisotopic (exact) mass is 355 g/mol. The zero-order chi connectivity index (χ0) is 19.8. The maximum absolute atomic E-state index is 9.29. The molecule has 1 atom stereocenters. The number of rotatable bonds is 1. The molecular formula is C23H21N3O. The van der Waals surface area contributed by atoms with Crippen LogP contribution in [0.4, 0.5) is 0 Å². The van der Waals surface area contributed by atoms with Gasteiger partial charge in [0, 0.05) is 45.8 Å². The molecule has 0 aliphatic carbocycles. The van der Waals surface area contributed by atoms with Crippen molar-refractivity contribution in [3.8, 4) is 24.7 Å². The summed E-state index contributed by atoms with van der Waals surface area (Å²) < 4.78 is 8.31. The molecule has 0 fully saturated rings. The smallest absolute Gasteiger partial charge is 0.125 e. The van der Waals surface area contributed by atoms with E-state index in [-0.39, 0.29) is 11.6 Å². The fourth-order valence-electron chi connectivity index (χ4n) is 3.79. The predicted octanol–water partition coefficient (Wildman–Crippen LogP) is 3.13. The molecule has 1 unspecified atom stereocenters. The number of hydrogen-bond acceptors (Lipinski definition) is 3. The van der Waals surface area contributed by atoms with Crippen LogP contribution in [0.25, 0.3) is 23.9 Å².